The molecule has 1 amide bonds. The van der Waals surface area contributed by atoms with Gasteiger partial charge >= 0.3 is 0 Å². The Bertz CT molecular complexity index is 731. The van der Waals surface area contributed by atoms with E-state index in [1.807, 2.05) is 6.92 Å². The smallest absolute Gasteiger partial charge is 0.292 e. The summed E-state index contributed by atoms with van der Waals surface area (Å²) in [4.78, 5) is 22.7. The molecule has 0 saturated heterocycles. The van der Waals surface area contributed by atoms with Crippen LogP contribution in [-0.2, 0) is 4.79 Å². The van der Waals surface area contributed by atoms with Crippen LogP contribution in [0.5, 0.6) is 0 Å². The largest absolute Gasteiger partial charge is 0.378 e. The Morgan fingerprint density at radius 3 is 2.76 bits per heavy atom. The van der Waals surface area contributed by atoms with E-state index in [0.717, 1.165) is 0 Å². The van der Waals surface area contributed by atoms with Gasteiger partial charge in [0.1, 0.15) is 11.4 Å². The van der Waals surface area contributed by atoms with Gasteiger partial charge in [-0.25, -0.2) is 0 Å². The van der Waals surface area contributed by atoms with Crippen molar-refractivity contribution in [1.82, 2.24) is 10.5 Å². The Hall–Kier alpha value is -2.94. The summed E-state index contributed by atoms with van der Waals surface area (Å²) in [7, 11) is 0. The van der Waals surface area contributed by atoms with Crippen molar-refractivity contribution in [3.8, 4) is 0 Å². The summed E-state index contributed by atoms with van der Waals surface area (Å²) >= 11 is 0. The lowest BCUT2D eigenvalue weighted by Gasteiger charge is -2.16. The van der Waals surface area contributed by atoms with Gasteiger partial charge in [0.25, 0.3) is 5.69 Å². The molecule has 0 aliphatic rings. The van der Waals surface area contributed by atoms with Gasteiger partial charge in [0, 0.05) is 25.2 Å². The quantitative estimate of drug-likeness (QED) is 0.361. The van der Waals surface area contributed by atoms with Crippen LogP contribution in [0.3, 0.4) is 0 Å². The van der Waals surface area contributed by atoms with Gasteiger partial charge in [-0.05, 0) is 19.4 Å². The van der Waals surface area contributed by atoms with E-state index in [0.29, 0.717) is 36.8 Å². The van der Waals surface area contributed by atoms with E-state index in [1.165, 1.54) is 6.07 Å². The first-order valence-electron chi connectivity index (χ1n) is 7.96. The highest BCUT2D eigenvalue weighted by atomic mass is 16.6. The molecule has 3 N–H and O–H groups in total. The summed E-state index contributed by atoms with van der Waals surface area (Å²) in [5, 5.41) is 23.5. The third-order valence-corrected chi connectivity index (χ3v) is 3.54. The molecule has 0 fully saturated rings. The highest BCUT2D eigenvalue weighted by Crippen LogP contribution is 2.22. The molecule has 2 rings (SSSR count). The van der Waals surface area contributed by atoms with E-state index in [4.69, 9.17) is 4.52 Å². The summed E-state index contributed by atoms with van der Waals surface area (Å²) in [6.07, 6.45) is 0.591. The lowest BCUT2D eigenvalue weighted by Crippen LogP contribution is -2.42. The van der Waals surface area contributed by atoms with Crippen LogP contribution in [0.4, 0.5) is 17.2 Å². The van der Waals surface area contributed by atoms with Gasteiger partial charge in [-0.1, -0.05) is 24.2 Å². The van der Waals surface area contributed by atoms with Crippen molar-refractivity contribution in [2.45, 2.75) is 26.3 Å². The number of carbonyl (C=O) groups is 1. The van der Waals surface area contributed by atoms with Crippen LogP contribution < -0.4 is 16.0 Å². The summed E-state index contributed by atoms with van der Waals surface area (Å²) < 4.78 is 4.91. The van der Waals surface area contributed by atoms with Crippen molar-refractivity contribution in [1.29, 1.82) is 0 Å². The molecule has 1 heterocycles. The molecule has 0 spiro atoms. The third-order valence-electron chi connectivity index (χ3n) is 3.54. The Kier molecular flexibility index (Phi) is 6.47. The van der Waals surface area contributed by atoms with Crippen LogP contribution in [0.15, 0.2) is 34.9 Å². The lowest BCUT2D eigenvalue weighted by molar-refractivity contribution is -0.384. The number of anilines is 2. The number of hydrogen-bond donors (Lipinski definition) is 3. The number of aromatic nitrogens is 1. The molecule has 9 nitrogen and oxygen atoms in total. The molecule has 1 aromatic carbocycles. The zero-order valence-electron chi connectivity index (χ0n) is 14.1. The second-order valence-corrected chi connectivity index (χ2v) is 5.43. The summed E-state index contributed by atoms with van der Waals surface area (Å²) in [6.45, 7) is 4.54. The van der Waals surface area contributed by atoms with E-state index in [1.54, 1.807) is 31.2 Å². The summed E-state index contributed by atoms with van der Waals surface area (Å²) in [6, 6.07) is 7.67. The molecule has 2 aromatic rings. The maximum Gasteiger partial charge on any atom is 0.292 e. The average Bonchev–Trinajstić information content (AvgIpc) is 2.99. The van der Waals surface area contributed by atoms with Gasteiger partial charge in [0.15, 0.2) is 5.82 Å². The van der Waals surface area contributed by atoms with Crippen molar-refractivity contribution in [2.75, 3.05) is 23.7 Å². The SMILES string of the molecule is CC[C@H](NCCNc1ccccc1[N+](=O)[O-])C(=O)Nc1cc(C)on1. The number of nitro benzene ring substituents is 1. The Labute approximate surface area is 144 Å². The predicted molar refractivity (Wildman–Crippen MR) is 93.5 cm³/mol. The van der Waals surface area contributed by atoms with Crippen LogP contribution in [0, 0.1) is 17.0 Å². The fourth-order valence-corrected chi connectivity index (χ4v) is 2.29. The summed E-state index contributed by atoms with van der Waals surface area (Å²) in [5.41, 5.74) is 0.471. The average molecular weight is 347 g/mol. The van der Waals surface area contributed by atoms with Crippen LogP contribution in [-0.4, -0.2) is 35.1 Å². The fraction of sp³-hybridized carbons (Fsp3) is 0.375. The Morgan fingerprint density at radius 1 is 1.36 bits per heavy atom. The van der Waals surface area contributed by atoms with Crippen LogP contribution in [0.1, 0.15) is 19.1 Å². The molecule has 134 valence electrons. The van der Waals surface area contributed by atoms with Gasteiger partial charge in [0.2, 0.25) is 5.91 Å². The molecule has 0 radical (unpaired) electrons. The molecule has 0 unspecified atom stereocenters. The fourth-order valence-electron chi connectivity index (χ4n) is 2.29. The minimum absolute atomic E-state index is 0.0219. The first kappa shape index (κ1) is 18.4. The van der Waals surface area contributed by atoms with Crippen molar-refractivity contribution < 1.29 is 14.2 Å². The molecule has 1 aromatic heterocycles. The molecule has 0 bridgehead atoms. The van der Waals surface area contributed by atoms with Crippen LogP contribution >= 0.6 is 0 Å². The number of benzene rings is 1. The minimum atomic E-state index is -0.433. The number of nitro groups is 1. The predicted octanol–water partition coefficient (Wildman–Crippen LogP) is 2.31. The maximum atomic E-state index is 12.2. The second-order valence-electron chi connectivity index (χ2n) is 5.43. The number of amides is 1. The monoisotopic (exact) mass is 347 g/mol. The van der Waals surface area contributed by atoms with Gasteiger partial charge < -0.3 is 20.5 Å². The number of nitrogens with one attached hydrogen (secondary N) is 3. The molecule has 9 heteroatoms. The number of rotatable bonds is 9. The number of hydrogen-bond acceptors (Lipinski definition) is 7. The standard InChI is InChI=1S/C16H21N5O4/c1-3-12(16(22)19-15-10-11(2)25-20-15)17-8-9-18-13-6-4-5-7-14(13)21(23)24/h4-7,10,12,17-18H,3,8-9H2,1-2H3,(H,19,20,22)/t12-/m0/s1. The Morgan fingerprint density at radius 2 is 2.12 bits per heavy atom. The second kappa shape index (κ2) is 8.78. The molecule has 1 atom stereocenters. The topological polar surface area (TPSA) is 122 Å². The zero-order valence-corrected chi connectivity index (χ0v) is 14.1. The normalized spacial score (nSPS) is 11.8. The van der Waals surface area contributed by atoms with Gasteiger partial charge in [0.05, 0.1) is 11.0 Å². The van der Waals surface area contributed by atoms with E-state index in [9.17, 15) is 14.9 Å². The molecular weight excluding hydrogens is 326 g/mol. The Balaban J connectivity index is 1.81. The minimum Gasteiger partial charge on any atom is -0.378 e. The molecule has 25 heavy (non-hydrogen) atoms. The van der Waals surface area contributed by atoms with Gasteiger partial charge in [-0.2, -0.15) is 0 Å². The van der Waals surface area contributed by atoms with Crippen molar-refractivity contribution in [2.24, 2.45) is 0 Å². The van der Waals surface area contributed by atoms with Crippen molar-refractivity contribution in [3.05, 3.63) is 46.2 Å². The highest BCUT2D eigenvalue weighted by Gasteiger charge is 2.17. The number of nitrogens with zero attached hydrogens (tertiary/aromatic N) is 2. The van der Waals surface area contributed by atoms with Gasteiger partial charge in [-0.3, -0.25) is 14.9 Å². The van der Waals surface area contributed by atoms with E-state index < -0.39 is 11.0 Å². The molecule has 0 aliphatic carbocycles. The number of carbonyl (C=O) groups excluding carboxylic acids is 1. The lowest BCUT2D eigenvalue weighted by atomic mass is 10.2. The third kappa shape index (κ3) is 5.28. The molecule has 0 saturated carbocycles. The number of para-hydroxylation sites is 2. The number of aryl methyl sites for hydroxylation is 1. The summed E-state index contributed by atoms with van der Waals surface area (Å²) in [5.74, 6) is 0.784. The van der Waals surface area contributed by atoms with Crippen LogP contribution in [0.2, 0.25) is 0 Å². The van der Waals surface area contributed by atoms with E-state index >= 15 is 0 Å². The van der Waals surface area contributed by atoms with E-state index in [-0.39, 0.29) is 11.6 Å². The first-order chi connectivity index (χ1) is 12.0. The zero-order chi connectivity index (χ0) is 18.2. The maximum absolute atomic E-state index is 12.2. The highest BCUT2D eigenvalue weighted by molar-refractivity contribution is 5.93. The van der Waals surface area contributed by atoms with Crippen molar-refractivity contribution >= 4 is 23.1 Å². The van der Waals surface area contributed by atoms with Gasteiger partial charge in [-0.15, -0.1) is 0 Å². The molecule has 0 aliphatic heterocycles. The van der Waals surface area contributed by atoms with Crippen molar-refractivity contribution in [3.63, 3.8) is 0 Å². The van der Waals surface area contributed by atoms with E-state index in [2.05, 4.69) is 21.1 Å². The molecular formula is C16H21N5O4. The van der Waals surface area contributed by atoms with Crippen LogP contribution in [0.25, 0.3) is 0 Å². The first-order valence-corrected chi connectivity index (χ1v) is 7.96.